The van der Waals surface area contributed by atoms with E-state index in [0.29, 0.717) is 36.3 Å². The number of hydrogen-bond donors (Lipinski definition) is 0. The van der Waals surface area contributed by atoms with Crippen LogP contribution >= 0.6 is 11.8 Å². The Hall–Kier alpha value is -4.57. The minimum absolute atomic E-state index is 0.0344. The van der Waals surface area contributed by atoms with Crippen LogP contribution in [-0.2, 0) is 38.2 Å². The summed E-state index contributed by atoms with van der Waals surface area (Å²) in [6, 6.07) is 4.84. The molecule has 0 saturated carbocycles. The number of rotatable bonds is 16. The predicted molar refractivity (Wildman–Crippen MR) is 151 cm³/mol. The van der Waals surface area contributed by atoms with E-state index in [1.165, 1.54) is 19.1 Å². The standard InChI is InChI=1S/C29H32N2O10S/c1-5-23(33)37-15-9-8-14-31-26-21(40-19(4)32)12-13-22(41-25(35)7-3)27(26)42-28(31)20(18-30)29(36)39-17-11-10-16-38-24(34)6-2/h5-6,12-13H,1-2,7-11,14-17H2,3-4H3/b28-20-. The van der Waals surface area contributed by atoms with E-state index in [1.54, 1.807) is 11.8 Å². The van der Waals surface area contributed by atoms with E-state index in [2.05, 4.69) is 13.2 Å². The van der Waals surface area contributed by atoms with E-state index in [-0.39, 0.29) is 54.9 Å². The Morgan fingerprint density at radius 1 is 0.905 bits per heavy atom. The smallest absolute Gasteiger partial charge is 0.351 e. The first-order chi connectivity index (χ1) is 20.2. The first kappa shape index (κ1) is 33.6. The number of unbranched alkanes of at least 4 members (excludes halogenated alkanes) is 2. The molecule has 1 aliphatic rings. The van der Waals surface area contributed by atoms with Crippen LogP contribution in [0.4, 0.5) is 5.69 Å². The minimum Gasteiger partial charge on any atom is -0.463 e. The third-order valence-electron chi connectivity index (χ3n) is 5.44. The normalized spacial score (nSPS) is 12.7. The summed E-state index contributed by atoms with van der Waals surface area (Å²) in [7, 11) is 0. The first-order valence-electron chi connectivity index (χ1n) is 13.1. The molecule has 12 nitrogen and oxygen atoms in total. The molecule has 0 N–H and O–H groups in total. The zero-order chi connectivity index (χ0) is 31.1. The van der Waals surface area contributed by atoms with Crippen LogP contribution in [0.2, 0.25) is 0 Å². The molecule has 0 saturated heterocycles. The lowest BCUT2D eigenvalue weighted by Crippen LogP contribution is -2.24. The SMILES string of the molecule is C=CC(=O)OCCCCOC(=O)/C(C#N)=C1\Sc2c(OC(=O)CC)ccc(OC(C)=O)c2N1CCCCOC(=O)C=C. The highest BCUT2D eigenvalue weighted by Gasteiger charge is 2.36. The van der Waals surface area contributed by atoms with Gasteiger partial charge in [-0.2, -0.15) is 5.26 Å². The van der Waals surface area contributed by atoms with Crippen LogP contribution in [0.25, 0.3) is 0 Å². The third kappa shape index (κ3) is 9.81. The lowest BCUT2D eigenvalue weighted by Gasteiger charge is -2.23. The highest BCUT2D eigenvalue weighted by Crippen LogP contribution is 2.56. The van der Waals surface area contributed by atoms with Crippen LogP contribution in [0.3, 0.4) is 0 Å². The maximum Gasteiger partial charge on any atom is 0.351 e. The lowest BCUT2D eigenvalue weighted by molar-refractivity contribution is -0.140. The molecule has 0 fully saturated rings. The van der Waals surface area contributed by atoms with E-state index in [9.17, 15) is 29.2 Å². The van der Waals surface area contributed by atoms with Gasteiger partial charge in [0, 0.05) is 32.0 Å². The van der Waals surface area contributed by atoms with Crippen molar-refractivity contribution in [2.45, 2.75) is 50.8 Å². The second-order valence-electron chi connectivity index (χ2n) is 8.50. The predicted octanol–water partition coefficient (Wildman–Crippen LogP) is 4.14. The fraction of sp³-hybridized carbons (Fsp3) is 0.379. The van der Waals surface area contributed by atoms with Gasteiger partial charge in [0.05, 0.1) is 24.7 Å². The molecule has 2 rings (SSSR count). The van der Waals surface area contributed by atoms with Crippen LogP contribution in [0.1, 0.15) is 46.0 Å². The van der Waals surface area contributed by atoms with Gasteiger partial charge in [0.25, 0.3) is 0 Å². The summed E-state index contributed by atoms with van der Waals surface area (Å²) < 4.78 is 26.1. The van der Waals surface area contributed by atoms with Crippen LogP contribution in [0, 0.1) is 11.3 Å². The largest absolute Gasteiger partial charge is 0.463 e. The Balaban J connectivity index is 2.38. The zero-order valence-corrected chi connectivity index (χ0v) is 24.3. The molecule has 0 aliphatic carbocycles. The molecule has 224 valence electrons. The van der Waals surface area contributed by atoms with Crippen molar-refractivity contribution < 1.29 is 47.7 Å². The Bertz CT molecular complexity index is 1300. The summed E-state index contributed by atoms with van der Waals surface area (Å²) in [5.74, 6) is -2.82. The van der Waals surface area contributed by atoms with Gasteiger partial charge in [-0.1, -0.05) is 31.8 Å². The van der Waals surface area contributed by atoms with Gasteiger partial charge in [0.2, 0.25) is 0 Å². The van der Waals surface area contributed by atoms with E-state index in [1.807, 2.05) is 6.07 Å². The number of nitriles is 1. The third-order valence-corrected chi connectivity index (χ3v) is 6.65. The van der Waals surface area contributed by atoms with Gasteiger partial charge < -0.3 is 28.6 Å². The number of hydrogen-bond acceptors (Lipinski definition) is 13. The van der Waals surface area contributed by atoms with Crippen molar-refractivity contribution in [3.63, 3.8) is 0 Å². The van der Waals surface area contributed by atoms with Gasteiger partial charge in [0.1, 0.15) is 22.5 Å². The minimum atomic E-state index is -0.887. The summed E-state index contributed by atoms with van der Waals surface area (Å²) in [6.07, 6.45) is 3.86. The van der Waals surface area contributed by atoms with Crippen molar-refractivity contribution in [2.75, 3.05) is 31.3 Å². The van der Waals surface area contributed by atoms with Gasteiger partial charge >= 0.3 is 29.8 Å². The van der Waals surface area contributed by atoms with Crippen LogP contribution < -0.4 is 14.4 Å². The molecule has 0 aromatic heterocycles. The summed E-state index contributed by atoms with van der Waals surface area (Å²) >= 11 is 0.999. The summed E-state index contributed by atoms with van der Waals surface area (Å²) in [6.45, 7) is 9.93. The summed E-state index contributed by atoms with van der Waals surface area (Å²) in [5.41, 5.74) is 0.0215. The second kappa shape index (κ2) is 17.3. The fourth-order valence-electron chi connectivity index (χ4n) is 3.51. The van der Waals surface area contributed by atoms with Gasteiger partial charge in [-0.05, 0) is 37.8 Å². The van der Waals surface area contributed by atoms with Gasteiger partial charge in [-0.25, -0.2) is 14.4 Å². The van der Waals surface area contributed by atoms with Gasteiger partial charge in [-0.15, -0.1) is 0 Å². The molecule has 0 unspecified atom stereocenters. The Morgan fingerprint density at radius 2 is 1.48 bits per heavy atom. The number of nitrogens with zero attached hydrogens (tertiary/aromatic N) is 2. The van der Waals surface area contributed by atoms with Crippen LogP contribution in [0.5, 0.6) is 11.5 Å². The number of anilines is 1. The molecule has 0 spiro atoms. The second-order valence-corrected chi connectivity index (χ2v) is 9.50. The Labute approximate surface area is 247 Å². The number of carbonyl (C=O) groups excluding carboxylic acids is 5. The van der Waals surface area contributed by atoms with E-state index >= 15 is 0 Å². The van der Waals surface area contributed by atoms with Crippen molar-refractivity contribution in [3.8, 4) is 17.6 Å². The van der Waals surface area contributed by atoms with E-state index < -0.39 is 29.8 Å². The highest BCUT2D eigenvalue weighted by molar-refractivity contribution is 8.04. The van der Waals surface area contributed by atoms with Crippen molar-refractivity contribution in [3.05, 3.63) is 48.0 Å². The molecule has 13 heteroatoms. The van der Waals surface area contributed by atoms with Crippen LogP contribution in [-0.4, -0.2) is 56.2 Å². The molecule has 0 atom stereocenters. The summed E-state index contributed by atoms with van der Waals surface area (Å²) in [5, 5.41) is 10.2. The molecule has 1 aliphatic heterocycles. The molecule has 1 aromatic rings. The molecule has 42 heavy (non-hydrogen) atoms. The van der Waals surface area contributed by atoms with Gasteiger partial charge in [0.15, 0.2) is 11.3 Å². The van der Waals surface area contributed by atoms with Crippen molar-refractivity contribution in [1.82, 2.24) is 0 Å². The monoisotopic (exact) mass is 600 g/mol. The fourth-order valence-corrected chi connectivity index (χ4v) is 4.75. The number of thioether (sulfide) groups is 1. The molecule has 0 amide bonds. The lowest BCUT2D eigenvalue weighted by atomic mass is 10.2. The highest BCUT2D eigenvalue weighted by atomic mass is 32.2. The van der Waals surface area contributed by atoms with Crippen molar-refractivity contribution in [1.29, 1.82) is 5.26 Å². The van der Waals surface area contributed by atoms with Gasteiger partial charge in [-0.3, -0.25) is 9.59 Å². The molecule has 1 heterocycles. The molecule has 1 aromatic carbocycles. The molecule has 0 bridgehead atoms. The average Bonchev–Trinajstić information content (AvgIpc) is 3.35. The Kier molecular flexibility index (Phi) is 13.8. The molecular formula is C29H32N2O10S. The summed E-state index contributed by atoms with van der Waals surface area (Å²) in [4.78, 5) is 61.5. The molecule has 0 radical (unpaired) electrons. The number of esters is 5. The zero-order valence-electron chi connectivity index (χ0n) is 23.5. The Morgan fingerprint density at radius 3 is 2.02 bits per heavy atom. The molecular weight excluding hydrogens is 568 g/mol. The number of benzene rings is 1. The quantitative estimate of drug-likeness (QED) is 0.0666. The number of fused-ring (bicyclic) bond motifs is 1. The number of carbonyl (C=O) groups is 5. The number of ether oxygens (including phenoxy) is 5. The average molecular weight is 601 g/mol. The van der Waals surface area contributed by atoms with Crippen molar-refractivity contribution in [2.24, 2.45) is 0 Å². The van der Waals surface area contributed by atoms with Crippen molar-refractivity contribution >= 4 is 47.3 Å². The first-order valence-corrected chi connectivity index (χ1v) is 13.9. The van der Waals surface area contributed by atoms with Crippen LogP contribution in [0.15, 0.2) is 52.9 Å². The van der Waals surface area contributed by atoms with E-state index in [0.717, 1.165) is 23.9 Å². The van der Waals surface area contributed by atoms with E-state index in [4.69, 9.17) is 23.7 Å². The maximum atomic E-state index is 13.0. The topological polar surface area (TPSA) is 159 Å². The maximum absolute atomic E-state index is 13.0.